The van der Waals surface area contributed by atoms with Crippen molar-refractivity contribution in [2.24, 2.45) is 0 Å². The van der Waals surface area contributed by atoms with E-state index in [9.17, 15) is 4.79 Å². The van der Waals surface area contributed by atoms with E-state index in [0.29, 0.717) is 39.9 Å². The zero-order chi connectivity index (χ0) is 20.6. The van der Waals surface area contributed by atoms with Gasteiger partial charge in [0.05, 0.1) is 31.4 Å². The molecule has 0 bridgehead atoms. The van der Waals surface area contributed by atoms with Crippen LogP contribution in [0.3, 0.4) is 0 Å². The number of hydrogen-bond acceptors (Lipinski definition) is 6. The summed E-state index contributed by atoms with van der Waals surface area (Å²) in [5.74, 6) is 2.59. The molecule has 0 radical (unpaired) electrons. The Kier molecular flexibility index (Phi) is 6.33. The fourth-order valence-electron chi connectivity index (χ4n) is 2.60. The van der Waals surface area contributed by atoms with Crippen LogP contribution in [0.5, 0.6) is 17.2 Å². The van der Waals surface area contributed by atoms with E-state index >= 15 is 0 Å². The van der Waals surface area contributed by atoms with Gasteiger partial charge in [0.25, 0.3) is 0 Å². The fourth-order valence-corrected chi connectivity index (χ4v) is 2.60. The Balaban J connectivity index is 1.64. The topological polar surface area (TPSA) is 81.7 Å². The molecule has 0 saturated carbocycles. The number of nitrogens with zero attached hydrogens (tertiary/aromatic N) is 1. The third-order valence-corrected chi connectivity index (χ3v) is 4.12. The molecule has 0 spiro atoms. The van der Waals surface area contributed by atoms with Crippen LogP contribution in [0.4, 0.5) is 0 Å². The fraction of sp³-hybridized carbons (Fsp3) is 0.130. The molecule has 6 heteroatoms. The molecule has 0 saturated heterocycles. The van der Waals surface area contributed by atoms with Crippen LogP contribution in [0.15, 0.2) is 65.1 Å². The molecule has 1 heterocycles. The summed E-state index contributed by atoms with van der Waals surface area (Å²) in [6.45, 7) is 0.234. The van der Waals surface area contributed by atoms with E-state index in [-0.39, 0.29) is 12.4 Å². The van der Waals surface area contributed by atoms with Crippen LogP contribution < -0.4 is 14.2 Å². The summed E-state index contributed by atoms with van der Waals surface area (Å²) in [5, 5.41) is 8.81. The van der Waals surface area contributed by atoms with Crippen molar-refractivity contribution in [1.82, 2.24) is 0 Å². The molecule has 146 valence electrons. The van der Waals surface area contributed by atoms with Crippen LogP contribution in [-0.4, -0.2) is 20.0 Å². The highest BCUT2D eigenvalue weighted by Gasteiger charge is 2.11. The van der Waals surface area contributed by atoms with E-state index in [4.69, 9.17) is 23.9 Å². The molecule has 0 amide bonds. The van der Waals surface area contributed by atoms with E-state index in [1.807, 2.05) is 0 Å². The van der Waals surface area contributed by atoms with Crippen molar-refractivity contribution in [3.8, 4) is 23.3 Å². The van der Waals surface area contributed by atoms with Crippen molar-refractivity contribution in [2.45, 2.75) is 6.61 Å². The first-order valence-electron chi connectivity index (χ1n) is 8.79. The predicted octanol–water partition coefficient (Wildman–Crippen LogP) is 4.64. The van der Waals surface area contributed by atoms with Gasteiger partial charge in [-0.2, -0.15) is 5.26 Å². The molecule has 3 rings (SSSR count). The van der Waals surface area contributed by atoms with Gasteiger partial charge in [-0.05, 0) is 66.7 Å². The lowest BCUT2D eigenvalue weighted by molar-refractivity contribution is 0.104. The highest BCUT2D eigenvalue weighted by atomic mass is 16.5. The van der Waals surface area contributed by atoms with Crippen LogP contribution >= 0.6 is 0 Å². The Morgan fingerprint density at radius 1 is 1.03 bits per heavy atom. The van der Waals surface area contributed by atoms with Gasteiger partial charge < -0.3 is 18.6 Å². The second kappa shape index (κ2) is 9.29. The average molecular weight is 389 g/mol. The minimum absolute atomic E-state index is 0.229. The van der Waals surface area contributed by atoms with E-state index in [2.05, 4.69) is 6.07 Å². The molecule has 6 nitrogen and oxygen atoms in total. The molecule has 0 aliphatic heterocycles. The molecule has 29 heavy (non-hydrogen) atoms. The average Bonchev–Trinajstić information content (AvgIpc) is 3.23. The van der Waals surface area contributed by atoms with Crippen molar-refractivity contribution in [3.05, 3.63) is 83.3 Å². The molecule has 0 unspecified atom stereocenters. The Morgan fingerprint density at radius 3 is 2.48 bits per heavy atom. The van der Waals surface area contributed by atoms with Crippen LogP contribution in [0, 0.1) is 11.3 Å². The number of allylic oxidation sites excluding steroid dienone is 1. The highest BCUT2D eigenvalue weighted by Crippen LogP contribution is 2.25. The first-order chi connectivity index (χ1) is 14.1. The maximum atomic E-state index is 12.5. The van der Waals surface area contributed by atoms with Crippen LogP contribution in [0.2, 0.25) is 0 Å². The minimum atomic E-state index is -0.229. The lowest BCUT2D eigenvalue weighted by Gasteiger charge is -2.07. The normalized spacial score (nSPS) is 10.5. The van der Waals surface area contributed by atoms with Crippen molar-refractivity contribution in [2.75, 3.05) is 14.2 Å². The third-order valence-electron chi connectivity index (χ3n) is 4.12. The molecule has 0 aliphatic rings. The number of carbonyl (C=O) groups is 1. The number of ketones is 1. The first-order valence-corrected chi connectivity index (χ1v) is 8.79. The largest absolute Gasteiger partial charge is 0.497 e. The Hall–Kier alpha value is -3.98. The number of nitriles is 1. The standard InChI is InChI=1S/C23H19NO5/c1-26-19-10-12-23(27-2)21(13-19)22(25)11-9-18-7-8-20(29-18)15-28-17-5-3-16(14-24)4-6-17/h3-13H,15H2,1-2H3/b11-9+. The van der Waals surface area contributed by atoms with Crippen molar-refractivity contribution >= 4 is 11.9 Å². The number of ether oxygens (including phenoxy) is 3. The Morgan fingerprint density at radius 2 is 1.79 bits per heavy atom. The summed E-state index contributed by atoms with van der Waals surface area (Å²) in [4.78, 5) is 12.5. The highest BCUT2D eigenvalue weighted by molar-refractivity contribution is 6.08. The molecule has 0 atom stereocenters. The number of benzene rings is 2. The van der Waals surface area contributed by atoms with Crippen LogP contribution in [0.25, 0.3) is 6.08 Å². The molecule has 0 aliphatic carbocycles. The molecular formula is C23H19NO5. The number of rotatable bonds is 8. The van der Waals surface area contributed by atoms with Gasteiger partial charge in [0.1, 0.15) is 35.4 Å². The van der Waals surface area contributed by atoms with Gasteiger partial charge in [0.2, 0.25) is 0 Å². The van der Waals surface area contributed by atoms with Crippen molar-refractivity contribution in [1.29, 1.82) is 5.26 Å². The summed E-state index contributed by atoms with van der Waals surface area (Å²) in [6.07, 6.45) is 3.01. The summed E-state index contributed by atoms with van der Waals surface area (Å²) in [5.41, 5.74) is 0.971. The minimum Gasteiger partial charge on any atom is -0.497 e. The van der Waals surface area contributed by atoms with E-state index in [0.717, 1.165) is 0 Å². The van der Waals surface area contributed by atoms with Gasteiger partial charge in [0.15, 0.2) is 5.78 Å². The van der Waals surface area contributed by atoms with Crippen LogP contribution in [-0.2, 0) is 6.61 Å². The Bertz CT molecular complexity index is 1060. The summed E-state index contributed by atoms with van der Waals surface area (Å²) >= 11 is 0. The maximum absolute atomic E-state index is 12.5. The van der Waals surface area contributed by atoms with Gasteiger partial charge >= 0.3 is 0 Å². The van der Waals surface area contributed by atoms with Gasteiger partial charge in [-0.3, -0.25) is 4.79 Å². The van der Waals surface area contributed by atoms with E-state index in [1.54, 1.807) is 60.7 Å². The van der Waals surface area contributed by atoms with E-state index < -0.39 is 0 Å². The predicted molar refractivity (Wildman–Crippen MR) is 107 cm³/mol. The zero-order valence-electron chi connectivity index (χ0n) is 16.0. The zero-order valence-corrected chi connectivity index (χ0v) is 16.0. The van der Waals surface area contributed by atoms with Gasteiger partial charge in [-0.25, -0.2) is 0 Å². The quantitative estimate of drug-likeness (QED) is 0.412. The molecule has 3 aromatic rings. The molecule has 0 N–H and O–H groups in total. The second-order valence-corrected chi connectivity index (χ2v) is 5.99. The number of carbonyl (C=O) groups excluding carboxylic acids is 1. The molecule has 0 fully saturated rings. The summed E-state index contributed by atoms with van der Waals surface area (Å²) < 4.78 is 21.7. The van der Waals surface area contributed by atoms with Gasteiger partial charge in [-0.1, -0.05) is 0 Å². The van der Waals surface area contributed by atoms with Gasteiger partial charge in [-0.15, -0.1) is 0 Å². The first kappa shape index (κ1) is 19.8. The van der Waals surface area contributed by atoms with Crippen molar-refractivity contribution < 1.29 is 23.4 Å². The monoisotopic (exact) mass is 389 g/mol. The number of furan rings is 1. The number of methoxy groups -OCH3 is 2. The molecule has 1 aromatic heterocycles. The molecular weight excluding hydrogens is 370 g/mol. The molecule has 2 aromatic carbocycles. The summed E-state index contributed by atoms with van der Waals surface area (Å²) in [7, 11) is 3.05. The van der Waals surface area contributed by atoms with E-state index in [1.165, 1.54) is 20.3 Å². The van der Waals surface area contributed by atoms with Crippen molar-refractivity contribution in [3.63, 3.8) is 0 Å². The third kappa shape index (κ3) is 5.05. The smallest absolute Gasteiger partial charge is 0.189 e. The van der Waals surface area contributed by atoms with Gasteiger partial charge in [0, 0.05) is 0 Å². The lowest BCUT2D eigenvalue weighted by Crippen LogP contribution is -1.99. The second-order valence-electron chi connectivity index (χ2n) is 5.99. The van der Waals surface area contributed by atoms with Crippen LogP contribution in [0.1, 0.15) is 27.4 Å². The lowest BCUT2D eigenvalue weighted by atomic mass is 10.1. The SMILES string of the molecule is COc1ccc(OC)c(C(=O)/C=C/c2ccc(COc3ccc(C#N)cc3)o2)c1. The maximum Gasteiger partial charge on any atom is 0.189 e. The number of hydrogen-bond donors (Lipinski definition) is 0. The summed E-state index contributed by atoms with van der Waals surface area (Å²) in [6, 6.07) is 17.4. The Labute approximate surface area is 168 Å².